The highest BCUT2D eigenvalue weighted by atomic mass is 32.2. The number of ketones is 1. The van der Waals surface area contributed by atoms with Crippen molar-refractivity contribution in [2.24, 2.45) is 0 Å². The molecular weight excluding hydrogens is 280 g/mol. The maximum absolute atomic E-state index is 12.0. The van der Waals surface area contributed by atoms with E-state index in [1.54, 1.807) is 18.0 Å². The average Bonchev–Trinajstić information content (AvgIpc) is 3.04. The summed E-state index contributed by atoms with van der Waals surface area (Å²) in [5.74, 6) is 0.261. The number of Topliss-reactive ketones (excluding diaryl/α,β-unsaturated/α-hetero) is 1. The fourth-order valence-electron chi connectivity index (χ4n) is 2.27. The SMILES string of the molecule is CSc1ccc(C(=O)CCCCCCn2ccnc2)cc1. The first-order valence-corrected chi connectivity index (χ1v) is 8.65. The van der Waals surface area contributed by atoms with Gasteiger partial charge in [-0.1, -0.05) is 25.0 Å². The van der Waals surface area contributed by atoms with Crippen molar-refractivity contribution in [3.05, 3.63) is 48.5 Å². The molecule has 2 aromatic rings. The van der Waals surface area contributed by atoms with Crippen LogP contribution in [0.25, 0.3) is 0 Å². The molecular formula is C17H22N2OS. The van der Waals surface area contributed by atoms with Crippen LogP contribution in [-0.4, -0.2) is 21.6 Å². The van der Waals surface area contributed by atoms with Crippen molar-refractivity contribution in [1.29, 1.82) is 0 Å². The van der Waals surface area contributed by atoms with Crippen molar-refractivity contribution in [3.8, 4) is 0 Å². The quantitative estimate of drug-likeness (QED) is 0.390. The van der Waals surface area contributed by atoms with Gasteiger partial charge in [0.05, 0.1) is 6.33 Å². The Labute approximate surface area is 130 Å². The Balaban J connectivity index is 1.60. The third-order valence-corrected chi connectivity index (χ3v) is 4.28. The zero-order valence-corrected chi connectivity index (χ0v) is 13.3. The molecule has 0 atom stereocenters. The van der Waals surface area contributed by atoms with Crippen LogP contribution in [0.5, 0.6) is 0 Å². The second kappa shape index (κ2) is 8.67. The predicted octanol–water partition coefficient (Wildman–Crippen LogP) is 4.44. The zero-order chi connectivity index (χ0) is 14.9. The van der Waals surface area contributed by atoms with Gasteiger partial charge >= 0.3 is 0 Å². The molecule has 0 saturated carbocycles. The van der Waals surface area contributed by atoms with Crippen LogP contribution in [0.3, 0.4) is 0 Å². The van der Waals surface area contributed by atoms with Crippen molar-refractivity contribution in [2.45, 2.75) is 43.5 Å². The minimum absolute atomic E-state index is 0.261. The first-order valence-electron chi connectivity index (χ1n) is 7.42. The first-order chi connectivity index (χ1) is 10.3. The second-order valence-corrected chi connectivity index (χ2v) is 6.00. The number of carbonyl (C=O) groups excluding carboxylic acids is 1. The van der Waals surface area contributed by atoms with E-state index in [9.17, 15) is 4.79 Å². The Morgan fingerprint density at radius 1 is 1.14 bits per heavy atom. The molecule has 3 nitrogen and oxygen atoms in total. The number of carbonyl (C=O) groups is 1. The number of aryl methyl sites for hydroxylation is 1. The number of nitrogens with zero attached hydrogens (tertiary/aromatic N) is 2. The Morgan fingerprint density at radius 3 is 2.57 bits per heavy atom. The lowest BCUT2D eigenvalue weighted by atomic mass is 10.0. The van der Waals surface area contributed by atoms with Gasteiger partial charge in [0.15, 0.2) is 5.78 Å². The van der Waals surface area contributed by atoms with Gasteiger partial charge in [-0.2, -0.15) is 0 Å². The second-order valence-electron chi connectivity index (χ2n) is 5.12. The zero-order valence-electron chi connectivity index (χ0n) is 12.5. The maximum atomic E-state index is 12.0. The molecule has 0 aliphatic rings. The van der Waals surface area contributed by atoms with Gasteiger partial charge in [-0.05, 0) is 31.2 Å². The number of unbranched alkanes of at least 4 members (excludes halogenated alkanes) is 3. The lowest BCUT2D eigenvalue weighted by Crippen LogP contribution is -1.99. The third-order valence-electron chi connectivity index (χ3n) is 3.54. The van der Waals surface area contributed by atoms with Crippen LogP contribution in [0.2, 0.25) is 0 Å². The van der Waals surface area contributed by atoms with Gasteiger partial charge in [0.2, 0.25) is 0 Å². The highest BCUT2D eigenvalue weighted by Gasteiger charge is 2.05. The molecule has 1 heterocycles. The summed E-state index contributed by atoms with van der Waals surface area (Å²) in [6.07, 6.45) is 12.7. The summed E-state index contributed by atoms with van der Waals surface area (Å²) in [5, 5.41) is 0. The smallest absolute Gasteiger partial charge is 0.162 e. The van der Waals surface area contributed by atoms with Crippen molar-refractivity contribution < 1.29 is 4.79 Å². The van der Waals surface area contributed by atoms with E-state index >= 15 is 0 Å². The molecule has 0 saturated heterocycles. The van der Waals surface area contributed by atoms with Crippen LogP contribution < -0.4 is 0 Å². The number of aromatic nitrogens is 2. The Bertz CT molecular complexity index is 534. The van der Waals surface area contributed by atoms with E-state index in [1.807, 2.05) is 43.0 Å². The molecule has 1 aromatic heterocycles. The highest BCUT2D eigenvalue weighted by Crippen LogP contribution is 2.16. The molecule has 0 bridgehead atoms. The number of benzene rings is 1. The van der Waals surface area contributed by atoms with E-state index in [-0.39, 0.29) is 5.78 Å². The Morgan fingerprint density at radius 2 is 1.90 bits per heavy atom. The Kier molecular flexibility index (Phi) is 6.54. The van der Waals surface area contributed by atoms with Crippen LogP contribution >= 0.6 is 11.8 Å². The fourth-order valence-corrected chi connectivity index (χ4v) is 2.68. The minimum atomic E-state index is 0.261. The summed E-state index contributed by atoms with van der Waals surface area (Å²) in [7, 11) is 0. The number of hydrogen-bond acceptors (Lipinski definition) is 3. The topological polar surface area (TPSA) is 34.9 Å². The molecule has 0 amide bonds. The molecule has 2 rings (SSSR count). The van der Waals surface area contributed by atoms with Crippen molar-refractivity contribution >= 4 is 17.5 Å². The highest BCUT2D eigenvalue weighted by molar-refractivity contribution is 7.98. The standard InChI is InChI=1S/C17H22N2OS/c1-21-16-9-7-15(8-10-16)17(20)6-4-2-3-5-12-19-13-11-18-14-19/h7-11,13-14H,2-6,12H2,1H3. The van der Waals surface area contributed by atoms with Gasteiger partial charge < -0.3 is 4.57 Å². The normalized spacial score (nSPS) is 10.7. The van der Waals surface area contributed by atoms with Gasteiger partial charge in [-0.25, -0.2) is 4.98 Å². The third kappa shape index (κ3) is 5.38. The number of rotatable bonds is 9. The lowest BCUT2D eigenvalue weighted by Gasteiger charge is -2.04. The van der Waals surface area contributed by atoms with Crippen LogP contribution in [0.15, 0.2) is 47.9 Å². The molecule has 112 valence electrons. The van der Waals surface area contributed by atoms with Crippen molar-refractivity contribution in [2.75, 3.05) is 6.26 Å². The summed E-state index contributed by atoms with van der Waals surface area (Å²) < 4.78 is 2.10. The van der Waals surface area contributed by atoms with Crippen molar-refractivity contribution in [1.82, 2.24) is 9.55 Å². The van der Waals surface area contributed by atoms with E-state index in [2.05, 4.69) is 9.55 Å². The summed E-state index contributed by atoms with van der Waals surface area (Å²) in [5.41, 5.74) is 0.839. The van der Waals surface area contributed by atoms with Crippen LogP contribution in [0.1, 0.15) is 42.5 Å². The van der Waals surface area contributed by atoms with Crippen LogP contribution in [-0.2, 0) is 6.54 Å². The van der Waals surface area contributed by atoms with E-state index in [4.69, 9.17) is 0 Å². The molecule has 0 aliphatic heterocycles. The van der Waals surface area contributed by atoms with E-state index < -0.39 is 0 Å². The van der Waals surface area contributed by atoms with Crippen LogP contribution in [0.4, 0.5) is 0 Å². The monoisotopic (exact) mass is 302 g/mol. The van der Waals surface area contributed by atoms with Gasteiger partial charge in [0.1, 0.15) is 0 Å². The van der Waals surface area contributed by atoms with Crippen LogP contribution in [0, 0.1) is 0 Å². The molecule has 0 unspecified atom stereocenters. The summed E-state index contributed by atoms with van der Waals surface area (Å²) in [6, 6.07) is 7.91. The summed E-state index contributed by atoms with van der Waals surface area (Å²) in [6.45, 7) is 1.02. The first kappa shape index (κ1) is 15.8. The number of imidazole rings is 1. The largest absolute Gasteiger partial charge is 0.337 e. The molecule has 21 heavy (non-hydrogen) atoms. The number of thioether (sulfide) groups is 1. The maximum Gasteiger partial charge on any atom is 0.162 e. The van der Waals surface area contributed by atoms with Crippen molar-refractivity contribution in [3.63, 3.8) is 0 Å². The molecule has 4 heteroatoms. The molecule has 0 fully saturated rings. The average molecular weight is 302 g/mol. The van der Waals surface area contributed by atoms with Gasteiger partial charge in [0, 0.05) is 35.8 Å². The summed E-state index contributed by atoms with van der Waals surface area (Å²) >= 11 is 1.70. The number of hydrogen-bond donors (Lipinski definition) is 0. The van der Waals surface area contributed by atoms with E-state index in [1.165, 1.54) is 4.90 Å². The van der Waals surface area contributed by atoms with Gasteiger partial charge in [0.25, 0.3) is 0 Å². The van der Waals surface area contributed by atoms with E-state index in [0.717, 1.165) is 37.8 Å². The summed E-state index contributed by atoms with van der Waals surface area (Å²) in [4.78, 5) is 17.3. The minimum Gasteiger partial charge on any atom is -0.337 e. The fraction of sp³-hybridized carbons (Fsp3) is 0.412. The van der Waals surface area contributed by atoms with E-state index in [0.29, 0.717) is 6.42 Å². The van der Waals surface area contributed by atoms with Gasteiger partial charge in [-0.3, -0.25) is 4.79 Å². The molecule has 0 aliphatic carbocycles. The Hall–Kier alpha value is -1.55. The lowest BCUT2D eigenvalue weighted by molar-refractivity contribution is 0.0979. The van der Waals surface area contributed by atoms with Gasteiger partial charge in [-0.15, -0.1) is 11.8 Å². The molecule has 0 N–H and O–H groups in total. The molecule has 1 aromatic carbocycles. The molecule has 0 spiro atoms. The predicted molar refractivity (Wildman–Crippen MR) is 87.9 cm³/mol. The molecule has 0 radical (unpaired) electrons.